The number of carbonyl (C=O) groups excluding carboxylic acids is 4. The van der Waals surface area contributed by atoms with Gasteiger partial charge < -0.3 is 20.9 Å². The summed E-state index contributed by atoms with van der Waals surface area (Å²) >= 11 is 0. The topological polar surface area (TPSA) is 111 Å². The maximum Gasteiger partial charge on any atom is 0.327 e. The van der Waals surface area contributed by atoms with Crippen LogP contribution >= 0.6 is 0 Å². The number of aryl methyl sites for hydroxylation is 1. The highest BCUT2D eigenvalue weighted by Gasteiger charge is 2.47. The van der Waals surface area contributed by atoms with E-state index >= 15 is 0 Å². The number of fused-ring (bicyclic) bond motifs is 1. The molecule has 2 fully saturated rings. The third-order valence-electron chi connectivity index (χ3n) is 6.10. The number of amides is 5. The van der Waals surface area contributed by atoms with Crippen molar-refractivity contribution in [3.8, 4) is 0 Å². The minimum atomic E-state index is -0.526. The van der Waals surface area contributed by atoms with Gasteiger partial charge in [0.05, 0.1) is 12.6 Å². The van der Waals surface area contributed by atoms with Crippen molar-refractivity contribution in [2.24, 2.45) is 0 Å². The van der Waals surface area contributed by atoms with Gasteiger partial charge in [0.25, 0.3) is 0 Å². The Balaban J connectivity index is 1.48. The highest BCUT2D eigenvalue weighted by atomic mass is 16.2. The predicted molar refractivity (Wildman–Crippen MR) is 128 cm³/mol. The van der Waals surface area contributed by atoms with Crippen molar-refractivity contribution >= 4 is 35.1 Å². The van der Waals surface area contributed by atoms with E-state index in [4.69, 9.17) is 0 Å². The van der Waals surface area contributed by atoms with Crippen LogP contribution in [0.5, 0.6) is 0 Å². The lowest BCUT2D eigenvalue weighted by Crippen LogP contribution is -2.70. The summed E-state index contributed by atoms with van der Waals surface area (Å²) in [4.78, 5) is 53.3. The number of carbonyl (C=O) groups is 4. The third-order valence-corrected chi connectivity index (χ3v) is 6.10. The molecule has 0 saturated carbocycles. The second-order valence-corrected chi connectivity index (χ2v) is 8.77. The van der Waals surface area contributed by atoms with Gasteiger partial charge in [-0.15, -0.1) is 0 Å². The van der Waals surface area contributed by atoms with Crippen molar-refractivity contribution < 1.29 is 19.2 Å². The first-order chi connectivity index (χ1) is 16.3. The molecule has 0 aromatic heterocycles. The number of nitrogens with one attached hydrogen (secondary N) is 3. The van der Waals surface area contributed by atoms with E-state index in [9.17, 15) is 19.2 Å². The van der Waals surface area contributed by atoms with Gasteiger partial charge >= 0.3 is 6.03 Å². The average molecular weight is 464 g/mol. The molecule has 2 unspecified atom stereocenters. The maximum absolute atomic E-state index is 13.4. The van der Waals surface area contributed by atoms with E-state index in [-0.39, 0.29) is 36.9 Å². The summed E-state index contributed by atoms with van der Waals surface area (Å²) < 4.78 is 0. The molecule has 0 bridgehead atoms. The summed E-state index contributed by atoms with van der Waals surface area (Å²) in [6, 6.07) is 13.1. The fraction of sp³-hybridized carbons (Fsp3) is 0.360. The summed E-state index contributed by atoms with van der Waals surface area (Å²) in [5.74, 6) is -0.782. The number of urea groups is 1. The van der Waals surface area contributed by atoms with Crippen molar-refractivity contribution in [3.05, 3.63) is 59.7 Å². The van der Waals surface area contributed by atoms with Crippen LogP contribution < -0.4 is 16.0 Å². The third kappa shape index (κ3) is 5.26. The van der Waals surface area contributed by atoms with Crippen LogP contribution in [0, 0.1) is 6.92 Å². The molecular formula is C25H29N5O4. The van der Waals surface area contributed by atoms with Gasteiger partial charge in [-0.1, -0.05) is 29.8 Å². The fourth-order valence-corrected chi connectivity index (χ4v) is 4.42. The molecule has 0 aliphatic carbocycles. The van der Waals surface area contributed by atoms with E-state index in [0.717, 1.165) is 17.5 Å². The lowest BCUT2D eigenvalue weighted by atomic mass is 9.93. The summed E-state index contributed by atoms with van der Waals surface area (Å²) in [6.07, 6.45) is 1.48. The van der Waals surface area contributed by atoms with E-state index in [1.807, 2.05) is 31.2 Å². The molecule has 0 spiro atoms. The van der Waals surface area contributed by atoms with Crippen molar-refractivity contribution in [2.45, 2.75) is 45.3 Å². The smallest absolute Gasteiger partial charge is 0.326 e. The molecule has 9 heteroatoms. The summed E-state index contributed by atoms with van der Waals surface area (Å²) in [7, 11) is 0. The molecule has 5 amide bonds. The van der Waals surface area contributed by atoms with E-state index in [1.165, 1.54) is 16.7 Å². The van der Waals surface area contributed by atoms with Crippen molar-refractivity contribution in [2.75, 3.05) is 23.7 Å². The van der Waals surface area contributed by atoms with E-state index in [1.54, 1.807) is 24.3 Å². The lowest BCUT2D eigenvalue weighted by molar-refractivity contribution is -0.138. The SMILES string of the molecule is CC(=O)Nc1ccc(NC(=O)CN2C(=O)N(Cc3ccc(C)cc3)C(=O)C3NCCCC32)cc1. The van der Waals surface area contributed by atoms with Crippen LogP contribution in [-0.2, 0) is 20.9 Å². The van der Waals surface area contributed by atoms with Crippen LogP contribution in [0.1, 0.15) is 30.9 Å². The zero-order valence-electron chi connectivity index (χ0n) is 19.3. The van der Waals surface area contributed by atoms with Crippen LogP contribution in [0.3, 0.4) is 0 Å². The second kappa shape index (κ2) is 10.0. The number of nitrogens with zero attached hydrogens (tertiary/aromatic N) is 2. The first kappa shape index (κ1) is 23.4. The molecule has 2 aliphatic heterocycles. The van der Waals surface area contributed by atoms with Gasteiger partial charge in [-0.05, 0) is 56.1 Å². The Morgan fingerprint density at radius 2 is 1.65 bits per heavy atom. The van der Waals surface area contributed by atoms with Crippen LogP contribution in [0.2, 0.25) is 0 Å². The van der Waals surface area contributed by atoms with Crippen molar-refractivity contribution in [3.63, 3.8) is 0 Å². The normalized spacial score (nSPS) is 20.1. The molecule has 3 N–H and O–H groups in total. The van der Waals surface area contributed by atoms with Gasteiger partial charge in [0, 0.05) is 18.3 Å². The number of hydrogen-bond acceptors (Lipinski definition) is 5. The van der Waals surface area contributed by atoms with Crippen LogP contribution in [0.25, 0.3) is 0 Å². The number of imide groups is 1. The van der Waals surface area contributed by atoms with E-state index in [0.29, 0.717) is 24.3 Å². The van der Waals surface area contributed by atoms with E-state index < -0.39 is 12.1 Å². The first-order valence-corrected chi connectivity index (χ1v) is 11.4. The van der Waals surface area contributed by atoms with Crippen LogP contribution in [0.4, 0.5) is 16.2 Å². The van der Waals surface area contributed by atoms with Crippen LogP contribution in [-0.4, -0.2) is 58.7 Å². The van der Waals surface area contributed by atoms with Gasteiger partial charge in [0.15, 0.2) is 0 Å². The Morgan fingerprint density at radius 3 is 2.29 bits per heavy atom. The summed E-state index contributed by atoms with van der Waals surface area (Å²) in [5, 5.41) is 8.71. The molecular weight excluding hydrogens is 434 g/mol. The number of rotatable bonds is 6. The Hall–Kier alpha value is -3.72. The molecule has 2 atom stereocenters. The minimum absolute atomic E-state index is 0.158. The zero-order chi connectivity index (χ0) is 24.2. The van der Waals surface area contributed by atoms with Gasteiger partial charge in [0.1, 0.15) is 12.6 Å². The standard InChI is InChI=1S/C25H29N5O4/c1-16-5-7-18(8-6-16)14-30-24(33)23-21(4-3-13-26-23)29(25(30)34)15-22(32)28-20-11-9-19(10-12-20)27-17(2)31/h5-12,21,23,26H,3-4,13-15H2,1-2H3,(H,27,31)(H,28,32). The van der Waals surface area contributed by atoms with Gasteiger partial charge in [-0.25, -0.2) is 4.79 Å². The van der Waals surface area contributed by atoms with E-state index in [2.05, 4.69) is 16.0 Å². The molecule has 2 saturated heterocycles. The molecule has 178 valence electrons. The summed E-state index contributed by atoms with van der Waals surface area (Å²) in [5.41, 5.74) is 3.12. The number of benzene rings is 2. The molecule has 2 aliphatic rings. The molecule has 0 radical (unpaired) electrons. The minimum Gasteiger partial charge on any atom is -0.326 e. The highest BCUT2D eigenvalue weighted by Crippen LogP contribution is 2.26. The number of anilines is 2. The summed E-state index contributed by atoms with van der Waals surface area (Å²) in [6.45, 7) is 4.09. The maximum atomic E-state index is 13.4. The Bertz CT molecular complexity index is 1080. The zero-order valence-corrected chi connectivity index (χ0v) is 19.3. The quantitative estimate of drug-likeness (QED) is 0.610. The molecule has 2 aromatic carbocycles. The average Bonchev–Trinajstić information content (AvgIpc) is 2.81. The van der Waals surface area contributed by atoms with Gasteiger partial charge in [0.2, 0.25) is 17.7 Å². The molecule has 9 nitrogen and oxygen atoms in total. The van der Waals surface area contributed by atoms with Gasteiger partial charge in [-0.3, -0.25) is 19.3 Å². The second-order valence-electron chi connectivity index (χ2n) is 8.77. The predicted octanol–water partition coefficient (Wildman–Crippen LogP) is 2.48. The fourth-order valence-electron chi connectivity index (χ4n) is 4.42. The highest BCUT2D eigenvalue weighted by molar-refractivity contribution is 6.03. The number of hydrogen-bond donors (Lipinski definition) is 3. The molecule has 4 rings (SSSR count). The largest absolute Gasteiger partial charge is 0.327 e. The van der Waals surface area contributed by atoms with Crippen molar-refractivity contribution in [1.82, 2.24) is 15.1 Å². The first-order valence-electron chi connectivity index (χ1n) is 11.4. The number of piperidine rings is 1. The lowest BCUT2D eigenvalue weighted by Gasteiger charge is -2.46. The monoisotopic (exact) mass is 463 g/mol. The molecule has 2 heterocycles. The molecule has 2 aromatic rings. The molecule has 34 heavy (non-hydrogen) atoms. The van der Waals surface area contributed by atoms with Crippen molar-refractivity contribution in [1.29, 1.82) is 0 Å². The van der Waals surface area contributed by atoms with Crippen LogP contribution in [0.15, 0.2) is 48.5 Å². The Labute approximate surface area is 198 Å². The van der Waals surface area contributed by atoms with Gasteiger partial charge in [-0.2, -0.15) is 0 Å². The Morgan fingerprint density at radius 1 is 1.00 bits per heavy atom. The Kier molecular flexibility index (Phi) is 6.93.